The lowest BCUT2D eigenvalue weighted by Crippen LogP contribution is -2.29. The monoisotopic (exact) mass is 377 g/mol. The van der Waals surface area contributed by atoms with Crippen LogP contribution in [0.2, 0.25) is 0 Å². The largest absolute Gasteiger partial charge is 0.507 e. The number of aliphatic hydroxyl groups is 1. The normalized spacial score (nSPS) is 18.4. The van der Waals surface area contributed by atoms with E-state index in [0.717, 1.165) is 11.1 Å². The Hall–Kier alpha value is -3.34. The molecule has 1 amide bonds. The Morgan fingerprint density at radius 1 is 1.21 bits per heavy atom. The number of hydrogen-bond acceptors (Lipinski definition) is 4. The predicted octanol–water partition coefficient (Wildman–Crippen LogP) is 4.00. The number of nitrogens with zero attached hydrogens (tertiary/aromatic N) is 1. The zero-order chi connectivity index (χ0) is 20.3. The number of Topliss-reactive ketones (excluding diaryl/α,β-unsaturated/α-hetero) is 1. The second kappa shape index (κ2) is 8.13. The molecule has 1 aliphatic rings. The van der Waals surface area contributed by atoms with Gasteiger partial charge in [-0.25, -0.2) is 0 Å². The topological polar surface area (TPSA) is 66.8 Å². The SMILES string of the molecule is C=CCN1C(=O)C(=O)C(=C(O)c2ccc(OCC)c(C)c2)[C@@H]1c1ccccc1. The van der Waals surface area contributed by atoms with Crippen LogP contribution < -0.4 is 4.74 Å². The van der Waals surface area contributed by atoms with Crippen molar-refractivity contribution in [2.24, 2.45) is 0 Å². The molecule has 1 fully saturated rings. The highest BCUT2D eigenvalue weighted by Crippen LogP contribution is 2.39. The van der Waals surface area contributed by atoms with E-state index < -0.39 is 17.7 Å². The first-order valence-electron chi connectivity index (χ1n) is 9.17. The molecule has 28 heavy (non-hydrogen) atoms. The smallest absolute Gasteiger partial charge is 0.295 e. The van der Waals surface area contributed by atoms with Crippen molar-refractivity contribution < 1.29 is 19.4 Å². The molecule has 0 unspecified atom stereocenters. The summed E-state index contributed by atoms with van der Waals surface area (Å²) in [6, 6.07) is 13.7. The Labute approximate surface area is 164 Å². The summed E-state index contributed by atoms with van der Waals surface area (Å²) in [6.45, 7) is 8.19. The van der Waals surface area contributed by atoms with Crippen LogP contribution in [0.1, 0.15) is 29.7 Å². The third kappa shape index (κ3) is 3.43. The van der Waals surface area contributed by atoms with E-state index in [-0.39, 0.29) is 17.9 Å². The van der Waals surface area contributed by atoms with Gasteiger partial charge in [0, 0.05) is 12.1 Å². The second-order valence-corrected chi connectivity index (χ2v) is 6.56. The lowest BCUT2D eigenvalue weighted by Gasteiger charge is -2.24. The van der Waals surface area contributed by atoms with E-state index in [4.69, 9.17) is 4.74 Å². The van der Waals surface area contributed by atoms with Crippen LogP contribution in [0.3, 0.4) is 0 Å². The minimum atomic E-state index is -0.695. The van der Waals surface area contributed by atoms with Crippen LogP contribution in [0.5, 0.6) is 5.75 Å². The van der Waals surface area contributed by atoms with Gasteiger partial charge < -0.3 is 14.7 Å². The summed E-state index contributed by atoms with van der Waals surface area (Å²) >= 11 is 0. The van der Waals surface area contributed by atoms with E-state index in [1.54, 1.807) is 24.3 Å². The van der Waals surface area contributed by atoms with Crippen molar-refractivity contribution in [3.63, 3.8) is 0 Å². The maximum absolute atomic E-state index is 12.8. The number of rotatable bonds is 6. The molecule has 0 spiro atoms. The Kier molecular flexibility index (Phi) is 5.64. The average molecular weight is 377 g/mol. The van der Waals surface area contributed by atoms with E-state index >= 15 is 0 Å². The van der Waals surface area contributed by atoms with Crippen LogP contribution in [-0.2, 0) is 9.59 Å². The Balaban J connectivity index is 2.15. The van der Waals surface area contributed by atoms with Crippen molar-refractivity contribution in [3.05, 3.63) is 83.4 Å². The van der Waals surface area contributed by atoms with Gasteiger partial charge in [-0.2, -0.15) is 0 Å². The third-order valence-corrected chi connectivity index (χ3v) is 4.73. The van der Waals surface area contributed by atoms with Crippen LogP contribution in [0, 0.1) is 6.92 Å². The molecular formula is C23H23NO4. The number of benzene rings is 2. The van der Waals surface area contributed by atoms with Gasteiger partial charge in [-0.15, -0.1) is 6.58 Å². The molecule has 5 nitrogen and oxygen atoms in total. The molecule has 1 saturated heterocycles. The van der Waals surface area contributed by atoms with E-state index in [1.165, 1.54) is 4.90 Å². The number of carbonyl (C=O) groups is 2. The van der Waals surface area contributed by atoms with Crippen molar-refractivity contribution >= 4 is 17.4 Å². The molecule has 144 valence electrons. The second-order valence-electron chi connectivity index (χ2n) is 6.56. The molecule has 0 aromatic heterocycles. The minimum absolute atomic E-state index is 0.0848. The number of carbonyl (C=O) groups excluding carboxylic acids is 2. The molecule has 2 aromatic carbocycles. The van der Waals surface area contributed by atoms with Gasteiger partial charge in [0.15, 0.2) is 0 Å². The first kappa shape index (κ1) is 19.4. The van der Waals surface area contributed by atoms with E-state index in [9.17, 15) is 14.7 Å². The van der Waals surface area contributed by atoms with Crippen LogP contribution in [-0.4, -0.2) is 34.8 Å². The maximum Gasteiger partial charge on any atom is 0.295 e. The van der Waals surface area contributed by atoms with Gasteiger partial charge in [-0.3, -0.25) is 9.59 Å². The van der Waals surface area contributed by atoms with E-state index in [2.05, 4.69) is 6.58 Å². The molecule has 3 rings (SSSR count). The molecule has 1 aliphatic heterocycles. The standard InChI is InChI=1S/C23H23NO4/c1-4-13-24-20(16-9-7-6-8-10-16)19(22(26)23(24)27)21(25)17-11-12-18(28-5-2)15(3)14-17/h4,6-12,14,20,25H,1,5,13H2,2-3H3/t20-/m0/s1. The highest BCUT2D eigenvalue weighted by atomic mass is 16.5. The predicted molar refractivity (Wildman–Crippen MR) is 108 cm³/mol. The fourth-order valence-electron chi connectivity index (χ4n) is 3.46. The fourth-order valence-corrected chi connectivity index (χ4v) is 3.46. The molecule has 0 bridgehead atoms. The number of amides is 1. The van der Waals surface area contributed by atoms with Gasteiger partial charge in [0.2, 0.25) is 0 Å². The van der Waals surface area contributed by atoms with E-state index in [0.29, 0.717) is 17.9 Å². The van der Waals surface area contributed by atoms with Gasteiger partial charge in [0.25, 0.3) is 11.7 Å². The number of likely N-dealkylation sites (tertiary alicyclic amines) is 1. The molecule has 0 saturated carbocycles. The van der Waals surface area contributed by atoms with Gasteiger partial charge in [0.1, 0.15) is 11.5 Å². The lowest BCUT2D eigenvalue weighted by molar-refractivity contribution is -0.139. The van der Waals surface area contributed by atoms with Crippen LogP contribution in [0.4, 0.5) is 0 Å². The van der Waals surface area contributed by atoms with Crippen LogP contribution in [0.25, 0.3) is 5.76 Å². The van der Waals surface area contributed by atoms with Crippen molar-refractivity contribution in [3.8, 4) is 5.75 Å². The highest BCUT2D eigenvalue weighted by Gasteiger charge is 2.45. The first-order chi connectivity index (χ1) is 13.5. The third-order valence-electron chi connectivity index (χ3n) is 4.73. The molecule has 0 aliphatic carbocycles. The molecule has 1 atom stereocenters. The van der Waals surface area contributed by atoms with Crippen molar-refractivity contribution in [2.45, 2.75) is 19.9 Å². The first-order valence-corrected chi connectivity index (χ1v) is 9.17. The Morgan fingerprint density at radius 2 is 1.93 bits per heavy atom. The molecule has 5 heteroatoms. The number of aryl methyl sites for hydroxylation is 1. The molecule has 0 radical (unpaired) electrons. The highest BCUT2D eigenvalue weighted by molar-refractivity contribution is 6.46. The zero-order valence-electron chi connectivity index (χ0n) is 16.0. The fraction of sp³-hybridized carbons (Fsp3) is 0.217. The average Bonchev–Trinajstić information content (AvgIpc) is 2.95. The quantitative estimate of drug-likeness (QED) is 0.358. The van der Waals surface area contributed by atoms with Gasteiger partial charge in [-0.05, 0) is 43.2 Å². The van der Waals surface area contributed by atoms with Crippen LogP contribution in [0.15, 0.2) is 66.8 Å². The van der Waals surface area contributed by atoms with Crippen molar-refractivity contribution in [1.82, 2.24) is 4.90 Å². The van der Waals surface area contributed by atoms with Gasteiger partial charge in [0.05, 0.1) is 18.2 Å². The summed E-state index contributed by atoms with van der Waals surface area (Å²) in [4.78, 5) is 26.8. The Morgan fingerprint density at radius 3 is 2.54 bits per heavy atom. The minimum Gasteiger partial charge on any atom is -0.507 e. The number of ketones is 1. The summed E-state index contributed by atoms with van der Waals surface area (Å²) in [6.07, 6.45) is 1.57. The maximum atomic E-state index is 12.8. The molecular weight excluding hydrogens is 354 g/mol. The Bertz CT molecular complexity index is 946. The number of hydrogen-bond donors (Lipinski definition) is 1. The summed E-state index contributed by atoms with van der Waals surface area (Å²) < 4.78 is 5.54. The van der Waals surface area contributed by atoms with Crippen molar-refractivity contribution in [1.29, 1.82) is 0 Å². The van der Waals surface area contributed by atoms with Crippen LogP contribution >= 0.6 is 0 Å². The molecule has 1 heterocycles. The molecule has 1 N–H and O–H groups in total. The zero-order valence-corrected chi connectivity index (χ0v) is 16.0. The van der Waals surface area contributed by atoms with E-state index in [1.807, 2.05) is 44.2 Å². The number of aliphatic hydroxyl groups excluding tert-OH is 1. The summed E-state index contributed by atoms with van der Waals surface area (Å²) in [5.74, 6) is -0.812. The van der Waals surface area contributed by atoms with Crippen molar-refractivity contribution in [2.75, 3.05) is 13.2 Å². The van der Waals surface area contributed by atoms with Gasteiger partial charge in [-0.1, -0.05) is 36.4 Å². The number of ether oxygens (including phenoxy) is 1. The summed E-state index contributed by atoms with van der Waals surface area (Å²) in [5.41, 5.74) is 2.15. The lowest BCUT2D eigenvalue weighted by atomic mass is 9.95. The summed E-state index contributed by atoms with van der Waals surface area (Å²) in [7, 11) is 0. The summed E-state index contributed by atoms with van der Waals surface area (Å²) in [5, 5.41) is 11.0. The van der Waals surface area contributed by atoms with Gasteiger partial charge >= 0.3 is 0 Å². The molecule has 2 aromatic rings.